The maximum atomic E-state index is 12.8. The standard InChI is InChI=1S/C30H28ClN3O3/c1-19(35)21-8-10-22(11-9-21)30(36)32-24-3-2-4-25(17-24)37-26-14-15-27-28(33-34-29(27)18-26)16-7-20-5-12-23(31)13-6-20/h2-7,12-18,21-22H,8-11H2,1H3,(H,32,36)(H,33,34)/b16-7+. The average molecular weight is 514 g/mol. The lowest BCUT2D eigenvalue weighted by Crippen LogP contribution is -2.29. The molecule has 0 saturated heterocycles. The lowest BCUT2D eigenvalue weighted by Gasteiger charge is -2.26. The van der Waals surface area contributed by atoms with E-state index in [0.717, 1.165) is 47.8 Å². The first-order chi connectivity index (χ1) is 17.9. The number of halogens is 1. The normalized spacial score (nSPS) is 17.7. The molecule has 1 aromatic heterocycles. The number of amides is 1. The summed E-state index contributed by atoms with van der Waals surface area (Å²) in [6.07, 6.45) is 7.00. The Labute approximate surface area is 220 Å². The van der Waals surface area contributed by atoms with Crippen LogP contribution in [-0.4, -0.2) is 21.9 Å². The summed E-state index contributed by atoms with van der Waals surface area (Å²) in [6, 6.07) is 20.8. The minimum atomic E-state index is -0.0640. The summed E-state index contributed by atoms with van der Waals surface area (Å²) in [5.41, 5.74) is 3.42. The molecule has 2 N–H and O–H groups in total. The maximum absolute atomic E-state index is 12.8. The second-order valence-electron chi connectivity index (χ2n) is 9.48. The third-order valence-corrected chi connectivity index (χ3v) is 7.13. The Kier molecular flexibility index (Phi) is 7.37. The van der Waals surface area contributed by atoms with Crippen molar-refractivity contribution < 1.29 is 14.3 Å². The van der Waals surface area contributed by atoms with Crippen LogP contribution in [0.1, 0.15) is 43.9 Å². The molecule has 1 saturated carbocycles. The van der Waals surface area contributed by atoms with Crippen LogP contribution in [0.5, 0.6) is 11.5 Å². The number of Topliss-reactive ketones (excluding diaryl/α,β-unsaturated/α-hetero) is 1. The highest BCUT2D eigenvalue weighted by atomic mass is 35.5. The number of fused-ring (bicyclic) bond motifs is 1. The highest BCUT2D eigenvalue weighted by Crippen LogP contribution is 2.31. The first-order valence-electron chi connectivity index (χ1n) is 12.5. The van der Waals surface area contributed by atoms with Gasteiger partial charge in [0.05, 0.1) is 11.2 Å². The summed E-state index contributed by atoms with van der Waals surface area (Å²) < 4.78 is 6.08. The number of ether oxygens (including phenoxy) is 1. The Morgan fingerprint density at radius 1 is 0.946 bits per heavy atom. The van der Waals surface area contributed by atoms with Crippen LogP contribution in [0.3, 0.4) is 0 Å². The molecule has 4 aromatic rings. The molecule has 1 heterocycles. The Morgan fingerprint density at radius 3 is 2.43 bits per heavy atom. The molecule has 1 aliphatic carbocycles. The molecule has 0 bridgehead atoms. The van der Waals surface area contributed by atoms with Gasteiger partial charge in [-0.05, 0) is 80.6 Å². The van der Waals surface area contributed by atoms with Gasteiger partial charge in [0, 0.05) is 40.1 Å². The van der Waals surface area contributed by atoms with E-state index < -0.39 is 0 Å². The Morgan fingerprint density at radius 2 is 1.68 bits per heavy atom. The van der Waals surface area contributed by atoms with Crippen molar-refractivity contribution in [3.8, 4) is 11.5 Å². The first-order valence-corrected chi connectivity index (χ1v) is 12.8. The monoisotopic (exact) mass is 513 g/mol. The molecule has 7 heteroatoms. The molecular formula is C30H28ClN3O3. The van der Waals surface area contributed by atoms with E-state index >= 15 is 0 Å². The molecule has 0 radical (unpaired) electrons. The fourth-order valence-electron chi connectivity index (χ4n) is 4.74. The number of ketones is 1. The van der Waals surface area contributed by atoms with Gasteiger partial charge in [-0.1, -0.05) is 35.9 Å². The van der Waals surface area contributed by atoms with Gasteiger partial charge in [0.2, 0.25) is 5.91 Å². The molecule has 0 aliphatic heterocycles. The van der Waals surface area contributed by atoms with Gasteiger partial charge < -0.3 is 10.1 Å². The van der Waals surface area contributed by atoms with Gasteiger partial charge >= 0.3 is 0 Å². The number of rotatable bonds is 7. The molecule has 1 fully saturated rings. The van der Waals surface area contributed by atoms with Crippen molar-refractivity contribution in [2.45, 2.75) is 32.6 Å². The summed E-state index contributed by atoms with van der Waals surface area (Å²) >= 11 is 5.96. The van der Waals surface area contributed by atoms with E-state index in [9.17, 15) is 9.59 Å². The summed E-state index contributed by atoms with van der Waals surface area (Å²) in [4.78, 5) is 24.4. The lowest BCUT2D eigenvalue weighted by atomic mass is 9.80. The van der Waals surface area contributed by atoms with E-state index in [0.29, 0.717) is 22.2 Å². The molecule has 5 rings (SSSR count). The molecule has 3 aromatic carbocycles. The van der Waals surface area contributed by atoms with Crippen LogP contribution in [0, 0.1) is 11.8 Å². The Balaban J connectivity index is 1.23. The minimum absolute atomic E-state index is 0.00258. The number of aromatic nitrogens is 2. The summed E-state index contributed by atoms with van der Waals surface area (Å²) in [5, 5.41) is 12.2. The van der Waals surface area contributed by atoms with Crippen LogP contribution in [-0.2, 0) is 9.59 Å². The average Bonchev–Trinajstić information content (AvgIpc) is 3.31. The second kappa shape index (κ2) is 11.0. The third-order valence-electron chi connectivity index (χ3n) is 6.88. The van der Waals surface area contributed by atoms with Gasteiger partial charge in [0.1, 0.15) is 17.3 Å². The highest BCUT2D eigenvalue weighted by Gasteiger charge is 2.28. The van der Waals surface area contributed by atoms with E-state index in [1.807, 2.05) is 78.9 Å². The fraction of sp³-hybridized carbons (Fsp3) is 0.233. The van der Waals surface area contributed by atoms with Gasteiger partial charge in [0.15, 0.2) is 0 Å². The molecule has 1 aliphatic rings. The van der Waals surface area contributed by atoms with Crippen LogP contribution in [0.15, 0.2) is 66.7 Å². The highest BCUT2D eigenvalue weighted by molar-refractivity contribution is 6.30. The van der Waals surface area contributed by atoms with Crippen LogP contribution < -0.4 is 10.1 Å². The van der Waals surface area contributed by atoms with Crippen molar-refractivity contribution in [3.63, 3.8) is 0 Å². The molecule has 0 atom stereocenters. The topological polar surface area (TPSA) is 84.1 Å². The number of hydrogen-bond acceptors (Lipinski definition) is 4. The van der Waals surface area contributed by atoms with Gasteiger partial charge in [-0.25, -0.2) is 0 Å². The number of hydrogen-bond donors (Lipinski definition) is 2. The summed E-state index contributed by atoms with van der Waals surface area (Å²) in [5.74, 6) is 1.55. The predicted octanol–water partition coefficient (Wildman–Crippen LogP) is 7.51. The first kappa shape index (κ1) is 24.8. The van der Waals surface area contributed by atoms with Crippen molar-refractivity contribution in [2.24, 2.45) is 11.8 Å². The quantitative estimate of drug-likeness (QED) is 0.268. The van der Waals surface area contributed by atoms with E-state index in [1.54, 1.807) is 6.92 Å². The lowest BCUT2D eigenvalue weighted by molar-refractivity contribution is -0.125. The van der Waals surface area contributed by atoms with Crippen molar-refractivity contribution in [1.29, 1.82) is 0 Å². The molecule has 188 valence electrons. The van der Waals surface area contributed by atoms with Gasteiger partial charge in [-0.3, -0.25) is 14.7 Å². The number of H-pyrrole nitrogens is 1. The van der Waals surface area contributed by atoms with Crippen molar-refractivity contribution in [1.82, 2.24) is 10.2 Å². The maximum Gasteiger partial charge on any atom is 0.227 e. The number of benzene rings is 3. The van der Waals surface area contributed by atoms with Crippen LogP contribution in [0.2, 0.25) is 5.02 Å². The molecule has 1 amide bonds. The zero-order valence-corrected chi connectivity index (χ0v) is 21.3. The van der Waals surface area contributed by atoms with Gasteiger partial charge in [-0.2, -0.15) is 5.10 Å². The Bertz CT molecular complexity index is 1450. The van der Waals surface area contributed by atoms with E-state index in [1.165, 1.54) is 0 Å². The zero-order valence-electron chi connectivity index (χ0n) is 20.5. The van der Waals surface area contributed by atoms with Crippen LogP contribution >= 0.6 is 11.6 Å². The number of aromatic amines is 1. The number of nitrogens with zero attached hydrogens (tertiary/aromatic N) is 1. The van der Waals surface area contributed by atoms with E-state index in [2.05, 4.69) is 15.5 Å². The van der Waals surface area contributed by atoms with Crippen molar-refractivity contribution in [3.05, 3.63) is 83.0 Å². The molecule has 6 nitrogen and oxygen atoms in total. The third kappa shape index (κ3) is 6.09. The van der Waals surface area contributed by atoms with Crippen molar-refractivity contribution >= 4 is 52.0 Å². The van der Waals surface area contributed by atoms with Crippen LogP contribution in [0.4, 0.5) is 5.69 Å². The van der Waals surface area contributed by atoms with Gasteiger partial charge in [-0.15, -0.1) is 0 Å². The predicted molar refractivity (Wildman–Crippen MR) is 148 cm³/mol. The minimum Gasteiger partial charge on any atom is -0.457 e. The fourth-order valence-corrected chi connectivity index (χ4v) is 4.87. The summed E-state index contributed by atoms with van der Waals surface area (Å²) in [7, 11) is 0. The van der Waals surface area contributed by atoms with E-state index in [-0.39, 0.29) is 23.5 Å². The number of carbonyl (C=O) groups excluding carboxylic acids is 2. The SMILES string of the molecule is CC(=O)C1CCC(C(=O)Nc2cccc(Oc3ccc4c(/C=C/c5ccc(Cl)cc5)n[nH]c4c3)c2)CC1. The smallest absolute Gasteiger partial charge is 0.227 e. The van der Waals surface area contributed by atoms with Crippen molar-refractivity contribution in [2.75, 3.05) is 5.32 Å². The van der Waals surface area contributed by atoms with E-state index in [4.69, 9.17) is 16.3 Å². The largest absolute Gasteiger partial charge is 0.457 e. The number of nitrogens with one attached hydrogen (secondary N) is 2. The molecule has 0 spiro atoms. The summed E-state index contributed by atoms with van der Waals surface area (Å²) in [6.45, 7) is 1.64. The Hall–Kier alpha value is -3.90. The molecule has 0 unspecified atom stereocenters. The molecule has 37 heavy (non-hydrogen) atoms. The van der Waals surface area contributed by atoms with Gasteiger partial charge in [0.25, 0.3) is 0 Å². The van der Waals surface area contributed by atoms with Crippen LogP contribution in [0.25, 0.3) is 23.1 Å². The number of anilines is 1. The number of carbonyl (C=O) groups is 2. The zero-order chi connectivity index (χ0) is 25.8. The molecular weight excluding hydrogens is 486 g/mol. The second-order valence-corrected chi connectivity index (χ2v) is 9.92.